The standard InChI is InChI=1S/C16H16O4/c17-11-12-4-6-13(7-5-12)14-2-1-3-15(10-14)20-9-8-16(18)19/h1-7,10-11,16,18-19H,8-9H2. The number of ether oxygens (including phenoxy) is 1. The van der Waals surface area contributed by atoms with Gasteiger partial charge in [-0.3, -0.25) is 4.79 Å². The summed E-state index contributed by atoms with van der Waals surface area (Å²) in [4.78, 5) is 10.6. The summed E-state index contributed by atoms with van der Waals surface area (Å²) in [6.45, 7) is 0.241. The van der Waals surface area contributed by atoms with Crippen LogP contribution >= 0.6 is 0 Å². The molecular weight excluding hydrogens is 256 g/mol. The fraction of sp³-hybridized carbons (Fsp3) is 0.188. The van der Waals surface area contributed by atoms with Gasteiger partial charge in [0.1, 0.15) is 12.0 Å². The van der Waals surface area contributed by atoms with Gasteiger partial charge >= 0.3 is 0 Å². The van der Waals surface area contributed by atoms with Crippen LogP contribution in [-0.2, 0) is 0 Å². The molecular formula is C16H16O4. The lowest BCUT2D eigenvalue weighted by atomic mass is 10.0. The molecule has 2 rings (SSSR count). The topological polar surface area (TPSA) is 66.8 Å². The average molecular weight is 272 g/mol. The van der Waals surface area contributed by atoms with E-state index in [1.54, 1.807) is 12.1 Å². The molecule has 2 N–H and O–H groups in total. The Balaban J connectivity index is 2.09. The van der Waals surface area contributed by atoms with Crippen LogP contribution in [0, 0.1) is 0 Å². The van der Waals surface area contributed by atoms with Gasteiger partial charge in [-0.1, -0.05) is 36.4 Å². The molecule has 0 heterocycles. The van der Waals surface area contributed by atoms with E-state index in [-0.39, 0.29) is 13.0 Å². The van der Waals surface area contributed by atoms with Crippen molar-refractivity contribution in [3.63, 3.8) is 0 Å². The number of carbonyl (C=O) groups excluding carboxylic acids is 1. The van der Waals surface area contributed by atoms with Crippen LogP contribution in [0.2, 0.25) is 0 Å². The summed E-state index contributed by atoms with van der Waals surface area (Å²) < 4.78 is 5.45. The molecule has 0 saturated carbocycles. The lowest BCUT2D eigenvalue weighted by molar-refractivity contribution is -0.0519. The van der Waals surface area contributed by atoms with Gasteiger partial charge in [0, 0.05) is 12.0 Å². The zero-order valence-corrected chi connectivity index (χ0v) is 10.9. The average Bonchev–Trinajstić information content (AvgIpc) is 2.47. The molecule has 20 heavy (non-hydrogen) atoms. The highest BCUT2D eigenvalue weighted by molar-refractivity contribution is 5.77. The van der Waals surface area contributed by atoms with Crippen LogP contribution in [-0.4, -0.2) is 29.4 Å². The molecule has 0 radical (unpaired) electrons. The molecule has 4 heteroatoms. The van der Waals surface area contributed by atoms with Gasteiger partial charge in [0.2, 0.25) is 0 Å². The Morgan fingerprint density at radius 3 is 2.45 bits per heavy atom. The van der Waals surface area contributed by atoms with E-state index < -0.39 is 6.29 Å². The highest BCUT2D eigenvalue weighted by atomic mass is 16.5. The Morgan fingerprint density at radius 2 is 1.80 bits per heavy atom. The molecule has 0 fully saturated rings. The summed E-state index contributed by atoms with van der Waals surface area (Å²) in [6, 6.07) is 14.8. The lowest BCUT2D eigenvalue weighted by Crippen LogP contribution is -2.10. The molecule has 104 valence electrons. The molecule has 0 unspecified atom stereocenters. The van der Waals surface area contributed by atoms with Crippen molar-refractivity contribution in [3.8, 4) is 16.9 Å². The summed E-state index contributed by atoms with van der Waals surface area (Å²) >= 11 is 0. The fourth-order valence-electron chi connectivity index (χ4n) is 1.80. The smallest absolute Gasteiger partial charge is 0.154 e. The van der Waals surface area contributed by atoms with Crippen molar-refractivity contribution in [1.29, 1.82) is 0 Å². The van der Waals surface area contributed by atoms with E-state index in [2.05, 4.69) is 0 Å². The highest BCUT2D eigenvalue weighted by Crippen LogP contribution is 2.24. The quantitative estimate of drug-likeness (QED) is 0.625. The number of carbonyl (C=O) groups is 1. The predicted molar refractivity (Wildman–Crippen MR) is 75.6 cm³/mol. The van der Waals surface area contributed by atoms with E-state index in [4.69, 9.17) is 14.9 Å². The van der Waals surface area contributed by atoms with Crippen molar-refractivity contribution >= 4 is 6.29 Å². The Hall–Kier alpha value is -2.17. The normalized spacial score (nSPS) is 10.6. The summed E-state index contributed by atoms with van der Waals surface area (Å²) in [6.07, 6.45) is -0.379. The highest BCUT2D eigenvalue weighted by Gasteiger charge is 2.02. The van der Waals surface area contributed by atoms with Crippen molar-refractivity contribution in [1.82, 2.24) is 0 Å². The van der Waals surface area contributed by atoms with Crippen LogP contribution in [0.15, 0.2) is 48.5 Å². The monoisotopic (exact) mass is 272 g/mol. The number of aldehydes is 1. The Morgan fingerprint density at radius 1 is 1.05 bits per heavy atom. The number of hydrogen-bond donors (Lipinski definition) is 2. The molecule has 0 saturated heterocycles. The first-order valence-corrected chi connectivity index (χ1v) is 6.33. The molecule has 0 aliphatic carbocycles. The van der Waals surface area contributed by atoms with Gasteiger partial charge in [0.15, 0.2) is 6.29 Å². The molecule has 0 atom stereocenters. The number of hydrogen-bond acceptors (Lipinski definition) is 4. The van der Waals surface area contributed by atoms with Crippen molar-refractivity contribution < 1.29 is 19.7 Å². The molecule has 0 amide bonds. The van der Waals surface area contributed by atoms with Crippen LogP contribution in [0.3, 0.4) is 0 Å². The number of rotatable bonds is 6. The SMILES string of the molecule is O=Cc1ccc(-c2cccc(OCCC(O)O)c2)cc1. The fourth-order valence-corrected chi connectivity index (χ4v) is 1.80. The third-order valence-electron chi connectivity index (χ3n) is 2.86. The van der Waals surface area contributed by atoms with Crippen molar-refractivity contribution in [2.45, 2.75) is 12.7 Å². The maximum Gasteiger partial charge on any atom is 0.154 e. The van der Waals surface area contributed by atoms with Crippen LogP contribution < -0.4 is 4.74 Å². The van der Waals surface area contributed by atoms with Crippen molar-refractivity contribution in [2.24, 2.45) is 0 Å². The predicted octanol–water partition coefficient (Wildman–Crippen LogP) is 2.25. The van der Waals surface area contributed by atoms with Crippen LogP contribution in [0.5, 0.6) is 5.75 Å². The summed E-state index contributed by atoms with van der Waals surface area (Å²) in [5.41, 5.74) is 2.60. The summed E-state index contributed by atoms with van der Waals surface area (Å²) in [5.74, 6) is 0.669. The second-order valence-electron chi connectivity index (χ2n) is 4.39. The molecule has 0 aromatic heterocycles. The lowest BCUT2D eigenvalue weighted by Gasteiger charge is -2.09. The van der Waals surface area contributed by atoms with Gasteiger partial charge in [-0.25, -0.2) is 0 Å². The minimum Gasteiger partial charge on any atom is -0.493 e. The minimum atomic E-state index is -1.35. The second-order valence-corrected chi connectivity index (χ2v) is 4.39. The van der Waals surface area contributed by atoms with E-state index in [1.165, 1.54) is 0 Å². The van der Waals surface area contributed by atoms with Gasteiger partial charge in [-0.15, -0.1) is 0 Å². The second kappa shape index (κ2) is 6.84. The van der Waals surface area contributed by atoms with E-state index in [0.29, 0.717) is 11.3 Å². The Bertz CT molecular complexity index is 561. The molecule has 4 nitrogen and oxygen atoms in total. The third kappa shape index (κ3) is 3.91. The van der Waals surface area contributed by atoms with Crippen molar-refractivity contribution in [2.75, 3.05) is 6.61 Å². The Labute approximate surface area is 117 Å². The van der Waals surface area contributed by atoms with Crippen LogP contribution in [0.25, 0.3) is 11.1 Å². The van der Waals surface area contributed by atoms with Gasteiger partial charge in [-0.05, 0) is 23.3 Å². The van der Waals surface area contributed by atoms with Gasteiger partial charge in [-0.2, -0.15) is 0 Å². The van der Waals surface area contributed by atoms with E-state index >= 15 is 0 Å². The number of aliphatic hydroxyl groups excluding tert-OH is 1. The van der Waals surface area contributed by atoms with Gasteiger partial charge < -0.3 is 14.9 Å². The first-order chi connectivity index (χ1) is 9.69. The maximum atomic E-state index is 10.6. The van der Waals surface area contributed by atoms with E-state index in [0.717, 1.165) is 17.4 Å². The third-order valence-corrected chi connectivity index (χ3v) is 2.86. The number of benzene rings is 2. The minimum absolute atomic E-state index is 0.165. The van der Waals surface area contributed by atoms with Crippen molar-refractivity contribution in [3.05, 3.63) is 54.1 Å². The molecule has 2 aromatic carbocycles. The Kier molecular flexibility index (Phi) is 4.87. The first kappa shape index (κ1) is 14.2. The van der Waals surface area contributed by atoms with Crippen LogP contribution in [0.1, 0.15) is 16.8 Å². The molecule has 0 spiro atoms. The van der Waals surface area contributed by atoms with Crippen LogP contribution in [0.4, 0.5) is 0 Å². The van der Waals surface area contributed by atoms with Gasteiger partial charge in [0.05, 0.1) is 6.61 Å². The zero-order valence-electron chi connectivity index (χ0n) is 10.9. The summed E-state index contributed by atoms with van der Waals surface area (Å²) in [7, 11) is 0. The maximum absolute atomic E-state index is 10.6. The molecule has 0 aliphatic rings. The zero-order chi connectivity index (χ0) is 14.4. The summed E-state index contributed by atoms with van der Waals surface area (Å²) in [5, 5.41) is 17.5. The van der Waals surface area contributed by atoms with Gasteiger partial charge in [0.25, 0.3) is 0 Å². The number of aliphatic hydroxyl groups is 2. The first-order valence-electron chi connectivity index (χ1n) is 6.33. The van der Waals surface area contributed by atoms with E-state index in [1.807, 2.05) is 36.4 Å². The molecule has 0 aliphatic heterocycles. The molecule has 2 aromatic rings. The van der Waals surface area contributed by atoms with E-state index in [9.17, 15) is 4.79 Å². The molecule has 0 bridgehead atoms. The largest absolute Gasteiger partial charge is 0.493 e.